The molecular formula is C20H12ClCrN4. The molecule has 5 rings (SSSR count). The van der Waals surface area contributed by atoms with Crippen molar-refractivity contribution < 1.29 is 15.4 Å². The first kappa shape index (κ1) is 16.9. The summed E-state index contributed by atoms with van der Waals surface area (Å²) < 4.78 is 0. The summed E-state index contributed by atoms with van der Waals surface area (Å²) in [5.41, 5.74) is 7.15. The van der Waals surface area contributed by atoms with Gasteiger partial charge in [-0.05, 0) is 24.3 Å². The zero-order valence-electron chi connectivity index (χ0n) is 13.5. The molecule has 0 fully saturated rings. The number of fused-ring (bicyclic) bond motifs is 8. The molecule has 3 aromatic heterocycles. The molecule has 0 aliphatic carbocycles. The van der Waals surface area contributed by atoms with E-state index in [2.05, 4.69) is 45.4 Å². The maximum atomic E-state index is 4.59. The van der Waals surface area contributed by atoms with Crippen LogP contribution in [0, 0.1) is 0 Å². The van der Waals surface area contributed by atoms with E-state index in [9.17, 15) is 0 Å². The van der Waals surface area contributed by atoms with E-state index in [1.165, 1.54) is 0 Å². The average Bonchev–Trinajstić information content (AvgIpc) is 3.42. The molecule has 125 valence electrons. The molecule has 2 aliphatic heterocycles. The van der Waals surface area contributed by atoms with Crippen LogP contribution in [0.15, 0.2) is 48.5 Å². The first-order chi connectivity index (χ1) is 12.8. The van der Waals surface area contributed by atoms with Gasteiger partial charge in [0.05, 0.1) is 22.8 Å². The van der Waals surface area contributed by atoms with Gasteiger partial charge in [0.1, 0.15) is 0 Å². The van der Waals surface area contributed by atoms with E-state index in [1.54, 1.807) is 0 Å². The normalized spacial score (nSPS) is 11.8. The first-order valence-corrected chi connectivity index (χ1v) is 9.65. The molecule has 0 spiro atoms. The van der Waals surface area contributed by atoms with Gasteiger partial charge in [0.25, 0.3) is 0 Å². The van der Waals surface area contributed by atoms with Gasteiger partial charge in [0.2, 0.25) is 0 Å². The summed E-state index contributed by atoms with van der Waals surface area (Å²) in [5, 5.41) is 0. The van der Waals surface area contributed by atoms with Crippen LogP contribution in [-0.2, 0) is 15.4 Å². The zero-order valence-corrected chi connectivity index (χ0v) is 15.5. The van der Waals surface area contributed by atoms with Crippen molar-refractivity contribution in [3.8, 4) is 0 Å². The Balaban J connectivity index is 0.000000814. The molecule has 0 unspecified atom stereocenters. The zero-order chi connectivity index (χ0) is 17.9. The molecule has 0 aromatic carbocycles. The van der Waals surface area contributed by atoms with E-state index in [4.69, 9.17) is 0 Å². The van der Waals surface area contributed by atoms with Gasteiger partial charge in [-0.25, -0.2) is 9.97 Å². The molecule has 0 saturated carbocycles. The van der Waals surface area contributed by atoms with Gasteiger partial charge in [-0.1, -0.05) is 48.5 Å². The number of hydrogen-bond donors (Lipinski definition) is 0. The van der Waals surface area contributed by atoms with Crippen molar-refractivity contribution in [2.75, 3.05) is 0 Å². The third kappa shape index (κ3) is 3.66. The van der Waals surface area contributed by atoms with Crippen molar-refractivity contribution in [3.05, 3.63) is 71.3 Å². The van der Waals surface area contributed by atoms with Crippen LogP contribution in [0.25, 0.3) is 46.4 Å². The first-order valence-electron chi connectivity index (χ1n) is 7.90. The van der Waals surface area contributed by atoms with Crippen LogP contribution in [0.3, 0.4) is 0 Å². The van der Waals surface area contributed by atoms with Gasteiger partial charge in [0.15, 0.2) is 0 Å². The van der Waals surface area contributed by atoms with Gasteiger partial charge < -0.3 is 9.97 Å². The molecule has 3 aromatic rings. The minimum atomic E-state index is 0.894. The Bertz CT molecular complexity index is 996. The van der Waals surface area contributed by atoms with E-state index in [-0.39, 0.29) is 0 Å². The van der Waals surface area contributed by atoms with E-state index in [1.807, 2.05) is 72.8 Å². The third-order valence-corrected chi connectivity index (χ3v) is 3.92. The number of nitrogens with zero attached hydrogens (tertiary/aromatic N) is 4. The van der Waals surface area contributed by atoms with E-state index in [0.29, 0.717) is 0 Å². The minimum absolute atomic E-state index is 0.894. The monoisotopic (exact) mass is 395 g/mol. The van der Waals surface area contributed by atoms with Crippen molar-refractivity contribution in [3.63, 3.8) is 0 Å². The molecule has 5 heterocycles. The summed E-state index contributed by atoms with van der Waals surface area (Å²) >= 11 is 2.10. The van der Waals surface area contributed by atoms with E-state index in [0.717, 1.165) is 44.8 Å². The van der Waals surface area contributed by atoms with Gasteiger partial charge in [-0.3, -0.25) is 0 Å². The van der Waals surface area contributed by atoms with Gasteiger partial charge in [-0.15, -0.1) is 22.1 Å². The summed E-state index contributed by atoms with van der Waals surface area (Å²) in [6.07, 6.45) is 7.95. The van der Waals surface area contributed by atoms with Crippen molar-refractivity contribution in [1.29, 1.82) is 0 Å². The van der Waals surface area contributed by atoms with Crippen LogP contribution < -0.4 is 9.97 Å². The number of aromatic nitrogens is 4. The fourth-order valence-electron chi connectivity index (χ4n) is 2.83. The molecular weight excluding hydrogens is 384 g/mol. The summed E-state index contributed by atoms with van der Waals surface area (Å²) in [5.74, 6) is 0. The second kappa shape index (κ2) is 7.35. The van der Waals surface area contributed by atoms with Crippen LogP contribution >= 0.6 is 10.0 Å². The summed E-state index contributed by atoms with van der Waals surface area (Å²) in [6.45, 7) is 0. The van der Waals surface area contributed by atoms with Gasteiger partial charge in [0, 0.05) is 0 Å². The quantitative estimate of drug-likeness (QED) is 0.384. The fraction of sp³-hybridized carbons (Fsp3) is 0. The predicted molar refractivity (Wildman–Crippen MR) is 103 cm³/mol. The second-order valence-corrected chi connectivity index (χ2v) is 5.76. The molecule has 0 atom stereocenters. The van der Waals surface area contributed by atoms with Crippen LogP contribution in [0.4, 0.5) is 0 Å². The van der Waals surface area contributed by atoms with Gasteiger partial charge in [-0.2, -0.15) is 0 Å². The van der Waals surface area contributed by atoms with Crippen LogP contribution in [-0.4, -0.2) is 9.97 Å². The number of hydrogen-bond acceptors (Lipinski definition) is 2. The number of rotatable bonds is 0. The van der Waals surface area contributed by atoms with E-state index < -0.39 is 0 Å². The third-order valence-electron chi connectivity index (χ3n) is 3.92. The Morgan fingerprint density at radius 2 is 0.808 bits per heavy atom. The molecule has 4 nitrogen and oxygen atoms in total. The molecule has 26 heavy (non-hydrogen) atoms. The average molecular weight is 396 g/mol. The molecule has 2 aliphatic rings. The second-order valence-electron chi connectivity index (χ2n) is 5.76. The van der Waals surface area contributed by atoms with Crippen LogP contribution in [0.5, 0.6) is 0 Å². The molecule has 0 amide bonds. The Hall–Kier alpha value is -2.58. The summed E-state index contributed by atoms with van der Waals surface area (Å²) in [7, 11) is 4.51. The van der Waals surface area contributed by atoms with Crippen molar-refractivity contribution in [2.45, 2.75) is 0 Å². The molecule has 0 N–H and O–H groups in total. The molecule has 6 heteroatoms. The molecule has 8 bridgehead atoms. The Morgan fingerprint density at radius 3 is 1.08 bits per heavy atom. The van der Waals surface area contributed by atoms with Crippen molar-refractivity contribution in [1.82, 2.24) is 19.9 Å². The SMILES string of the molecule is C1=Cc2cc3ccc(cc4nc(cc5ccc(cc1n2)[n-]5)C=C4)[n-]3.[Cl][Cr+2]. The molecule has 0 saturated heterocycles. The van der Waals surface area contributed by atoms with Crippen molar-refractivity contribution >= 4 is 56.4 Å². The van der Waals surface area contributed by atoms with Crippen LogP contribution in [0.1, 0.15) is 22.8 Å². The van der Waals surface area contributed by atoms with Crippen LogP contribution in [0.2, 0.25) is 0 Å². The Morgan fingerprint density at radius 1 is 0.538 bits per heavy atom. The van der Waals surface area contributed by atoms with E-state index >= 15 is 0 Å². The Kier molecular flexibility index (Phi) is 4.77. The topological polar surface area (TPSA) is 54.0 Å². The van der Waals surface area contributed by atoms with Crippen molar-refractivity contribution in [2.24, 2.45) is 0 Å². The number of halogens is 1. The fourth-order valence-corrected chi connectivity index (χ4v) is 2.83. The predicted octanol–water partition coefficient (Wildman–Crippen LogP) is 4.60. The standard InChI is InChI=1S/C20H12N4.ClH.Cr/c1-2-14-10-16-5-6-18(23-16)12-20-8-7-19(24-20)11-17-4-3-15(22-17)9-13(1)21-14;;/h1-12H;1H;/q-2;;+3/p-1. The summed E-state index contributed by atoms with van der Waals surface area (Å²) in [4.78, 5) is 18.4. The maximum absolute atomic E-state index is 4.59. The Labute approximate surface area is 162 Å². The summed E-state index contributed by atoms with van der Waals surface area (Å²) in [6, 6.07) is 15.9. The molecule has 0 radical (unpaired) electrons. The van der Waals surface area contributed by atoms with Gasteiger partial charge >= 0.3 is 25.4 Å².